The Labute approximate surface area is 154 Å². The molecule has 6 nitrogen and oxygen atoms in total. The number of aromatic amines is 1. The van der Waals surface area contributed by atoms with Gasteiger partial charge in [-0.3, -0.25) is 14.5 Å². The summed E-state index contributed by atoms with van der Waals surface area (Å²) >= 11 is 3.47. The first-order valence-corrected chi connectivity index (χ1v) is 9.06. The summed E-state index contributed by atoms with van der Waals surface area (Å²) in [5, 5.41) is 12.9. The van der Waals surface area contributed by atoms with E-state index >= 15 is 0 Å². The molecule has 1 aliphatic rings. The van der Waals surface area contributed by atoms with E-state index in [4.69, 9.17) is 5.26 Å². The number of fused-ring (bicyclic) bond motifs is 1. The van der Waals surface area contributed by atoms with Gasteiger partial charge in [0.25, 0.3) is 5.91 Å². The third-order valence-electron chi connectivity index (χ3n) is 4.73. The first-order valence-electron chi connectivity index (χ1n) is 8.26. The highest BCUT2D eigenvalue weighted by molar-refractivity contribution is 9.10. The van der Waals surface area contributed by atoms with Crippen LogP contribution in [0.15, 0.2) is 28.7 Å². The zero-order valence-electron chi connectivity index (χ0n) is 13.9. The summed E-state index contributed by atoms with van der Waals surface area (Å²) in [5.74, 6) is -0.808. The highest BCUT2D eigenvalue weighted by Crippen LogP contribution is 2.27. The number of nitrogens with zero attached hydrogens (tertiary/aromatic N) is 2. The van der Waals surface area contributed by atoms with Crippen LogP contribution in [-0.2, 0) is 4.79 Å². The summed E-state index contributed by atoms with van der Waals surface area (Å²) in [4.78, 5) is 29.2. The summed E-state index contributed by atoms with van der Waals surface area (Å²) in [5.41, 5.74) is 1.33. The molecule has 1 saturated carbocycles. The molecule has 0 bridgehead atoms. The van der Waals surface area contributed by atoms with E-state index < -0.39 is 0 Å². The number of hydrogen-bond acceptors (Lipinski definition) is 3. The van der Waals surface area contributed by atoms with E-state index in [0.717, 1.165) is 39.5 Å². The van der Waals surface area contributed by atoms with Crippen molar-refractivity contribution in [1.82, 2.24) is 15.2 Å². The number of halogens is 1. The molecule has 2 aromatic rings. The number of hydrogen-bond donors (Lipinski definition) is 2. The van der Waals surface area contributed by atoms with Crippen LogP contribution in [0.3, 0.4) is 0 Å². The van der Waals surface area contributed by atoms with Crippen LogP contribution in [0, 0.1) is 17.4 Å². The van der Waals surface area contributed by atoms with Crippen molar-refractivity contribution < 1.29 is 9.59 Å². The van der Waals surface area contributed by atoms with Crippen molar-refractivity contribution in [3.8, 4) is 6.19 Å². The van der Waals surface area contributed by atoms with Crippen molar-refractivity contribution in [3.63, 3.8) is 0 Å². The second-order valence-corrected chi connectivity index (χ2v) is 7.21. The fourth-order valence-electron chi connectivity index (χ4n) is 3.38. The molecule has 0 saturated heterocycles. The van der Waals surface area contributed by atoms with E-state index in [2.05, 4.69) is 26.2 Å². The van der Waals surface area contributed by atoms with Gasteiger partial charge in [0.2, 0.25) is 5.91 Å². The van der Waals surface area contributed by atoms with Crippen LogP contribution in [0.2, 0.25) is 0 Å². The number of benzene rings is 1. The van der Waals surface area contributed by atoms with E-state index in [0.29, 0.717) is 12.1 Å². The van der Waals surface area contributed by atoms with Gasteiger partial charge in [-0.05, 0) is 40.9 Å². The van der Waals surface area contributed by atoms with Crippen LogP contribution in [0.25, 0.3) is 10.9 Å². The first kappa shape index (κ1) is 17.5. The van der Waals surface area contributed by atoms with Gasteiger partial charge < -0.3 is 10.3 Å². The number of carbonyl (C=O) groups is 2. The summed E-state index contributed by atoms with van der Waals surface area (Å²) in [7, 11) is 1.46. The molecule has 0 aliphatic heterocycles. The summed E-state index contributed by atoms with van der Waals surface area (Å²) in [6, 6.07) is 7.31. The van der Waals surface area contributed by atoms with E-state index in [9.17, 15) is 9.59 Å². The Hall–Kier alpha value is -2.33. The number of nitrogens with one attached hydrogen (secondary N) is 2. The minimum Gasteiger partial charge on any atom is -0.350 e. The summed E-state index contributed by atoms with van der Waals surface area (Å²) in [6.07, 6.45) is 5.17. The molecule has 1 aromatic carbocycles. The number of para-hydroxylation sites is 1. The van der Waals surface area contributed by atoms with E-state index in [1.165, 1.54) is 7.05 Å². The maximum atomic E-state index is 12.7. The Morgan fingerprint density at radius 3 is 2.84 bits per heavy atom. The highest BCUT2D eigenvalue weighted by Gasteiger charge is 2.34. The molecule has 130 valence electrons. The lowest BCUT2D eigenvalue weighted by Gasteiger charge is -2.31. The number of aromatic nitrogens is 1. The minimum absolute atomic E-state index is 0.229. The molecule has 3 rings (SSSR count). The molecule has 7 heteroatoms. The zero-order valence-corrected chi connectivity index (χ0v) is 15.5. The fraction of sp³-hybridized carbons (Fsp3) is 0.389. The minimum atomic E-state index is -0.349. The molecular formula is C18H19BrN4O2. The monoisotopic (exact) mass is 402 g/mol. The summed E-state index contributed by atoms with van der Waals surface area (Å²) < 4.78 is 0.894. The quantitative estimate of drug-likeness (QED) is 0.610. The van der Waals surface area contributed by atoms with Crippen LogP contribution >= 0.6 is 15.9 Å². The molecule has 1 aliphatic carbocycles. The van der Waals surface area contributed by atoms with E-state index in [-0.39, 0.29) is 23.8 Å². The number of amides is 2. The van der Waals surface area contributed by atoms with Gasteiger partial charge in [-0.15, -0.1) is 0 Å². The lowest BCUT2D eigenvalue weighted by molar-refractivity contribution is -0.133. The van der Waals surface area contributed by atoms with Gasteiger partial charge in [0.15, 0.2) is 6.19 Å². The van der Waals surface area contributed by atoms with Gasteiger partial charge in [-0.25, -0.2) is 0 Å². The van der Waals surface area contributed by atoms with E-state index in [1.54, 1.807) is 6.07 Å². The molecule has 1 fully saturated rings. The zero-order chi connectivity index (χ0) is 18.0. The lowest BCUT2D eigenvalue weighted by Crippen LogP contribution is -2.48. The Morgan fingerprint density at radius 1 is 1.36 bits per heavy atom. The van der Waals surface area contributed by atoms with Crippen molar-refractivity contribution in [2.75, 3.05) is 7.05 Å². The molecule has 0 spiro atoms. The first-order chi connectivity index (χ1) is 12.0. The second-order valence-electron chi connectivity index (χ2n) is 6.36. The van der Waals surface area contributed by atoms with Crippen LogP contribution in [0.1, 0.15) is 36.2 Å². The molecule has 1 heterocycles. The number of carbonyl (C=O) groups excluding carboxylic acids is 2. The van der Waals surface area contributed by atoms with Crippen molar-refractivity contribution in [1.29, 1.82) is 5.26 Å². The maximum Gasteiger partial charge on any atom is 0.267 e. The SMILES string of the molecule is CN(C#N)C(=O)[C@@H]1CCCC[C@@H]1NC(=O)c1cc2cccc(Br)c2[nH]1. The van der Waals surface area contributed by atoms with Crippen molar-refractivity contribution in [2.24, 2.45) is 5.92 Å². The van der Waals surface area contributed by atoms with E-state index in [1.807, 2.05) is 24.4 Å². The van der Waals surface area contributed by atoms with Crippen LogP contribution in [-0.4, -0.2) is 34.8 Å². The van der Waals surface area contributed by atoms with Crippen molar-refractivity contribution in [3.05, 3.63) is 34.4 Å². The third kappa shape index (κ3) is 3.54. The maximum absolute atomic E-state index is 12.7. The largest absolute Gasteiger partial charge is 0.350 e. The average molecular weight is 403 g/mol. The highest BCUT2D eigenvalue weighted by atomic mass is 79.9. The van der Waals surface area contributed by atoms with Gasteiger partial charge in [-0.1, -0.05) is 25.0 Å². The Kier molecular flexibility index (Phi) is 5.09. The van der Waals surface area contributed by atoms with Gasteiger partial charge in [0.05, 0.1) is 11.4 Å². The Bertz CT molecular complexity index is 854. The molecule has 1 aromatic heterocycles. The predicted octanol–water partition coefficient (Wildman–Crippen LogP) is 3.16. The number of rotatable bonds is 3. The molecule has 2 atom stereocenters. The predicted molar refractivity (Wildman–Crippen MR) is 97.6 cm³/mol. The lowest BCUT2D eigenvalue weighted by atomic mass is 9.83. The summed E-state index contributed by atoms with van der Waals surface area (Å²) in [6.45, 7) is 0. The van der Waals surface area contributed by atoms with Crippen LogP contribution < -0.4 is 5.32 Å². The molecule has 25 heavy (non-hydrogen) atoms. The molecule has 2 N–H and O–H groups in total. The van der Waals surface area contributed by atoms with Crippen molar-refractivity contribution in [2.45, 2.75) is 31.7 Å². The molecule has 2 amide bonds. The smallest absolute Gasteiger partial charge is 0.267 e. The normalized spacial score (nSPS) is 20.0. The van der Waals surface area contributed by atoms with Crippen LogP contribution in [0.4, 0.5) is 0 Å². The Morgan fingerprint density at radius 2 is 2.12 bits per heavy atom. The van der Waals surface area contributed by atoms with Gasteiger partial charge in [0, 0.05) is 22.9 Å². The average Bonchev–Trinajstić information content (AvgIpc) is 3.07. The third-order valence-corrected chi connectivity index (χ3v) is 5.39. The van der Waals surface area contributed by atoms with Crippen molar-refractivity contribution >= 4 is 38.6 Å². The second kappa shape index (κ2) is 7.28. The van der Waals surface area contributed by atoms with Gasteiger partial charge >= 0.3 is 0 Å². The number of nitriles is 1. The molecule has 0 unspecified atom stereocenters. The van der Waals surface area contributed by atoms with Gasteiger partial charge in [-0.2, -0.15) is 5.26 Å². The topological polar surface area (TPSA) is 89.0 Å². The standard InChI is InChI=1S/C18H19BrN4O2/c1-23(10-20)18(25)12-6-2-3-8-14(12)22-17(24)15-9-11-5-4-7-13(19)16(11)21-15/h4-5,7,9,12,14,21H,2-3,6,8H2,1H3,(H,22,24)/t12-,14+/m1/s1. The number of H-pyrrole nitrogens is 1. The Balaban J connectivity index is 1.79. The van der Waals surface area contributed by atoms with Crippen LogP contribution in [0.5, 0.6) is 0 Å². The van der Waals surface area contributed by atoms with Gasteiger partial charge in [0.1, 0.15) is 5.69 Å². The molecular weight excluding hydrogens is 384 g/mol. The fourth-order valence-corrected chi connectivity index (χ4v) is 3.87. The molecule has 0 radical (unpaired) electrons.